The molecule has 27 heavy (non-hydrogen) atoms. The van der Waals surface area contributed by atoms with Crippen LogP contribution in [0.1, 0.15) is 36.8 Å². The molecule has 0 unspecified atom stereocenters. The zero-order valence-corrected chi connectivity index (χ0v) is 16.6. The van der Waals surface area contributed by atoms with Crippen LogP contribution in [0.4, 0.5) is 9.93 Å². The van der Waals surface area contributed by atoms with Crippen LogP contribution in [0.5, 0.6) is 0 Å². The number of anilines is 1. The molecule has 1 aliphatic carbocycles. The highest BCUT2D eigenvalue weighted by atomic mass is 32.1. The van der Waals surface area contributed by atoms with Crippen molar-refractivity contribution in [3.05, 3.63) is 35.3 Å². The van der Waals surface area contributed by atoms with E-state index in [2.05, 4.69) is 45.2 Å². The van der Waals surface area contributed by atoms with Gasteiger partial charge >= 0.3 is 6.03 Å². The largest absolute Gasteiger partial charge is 0.341 e. The lowest BCUT2D eigenvalue weighted by Crippen LogP contribution is -2.24. The van der Waals surface area contributed by atoms with Crippen molar-refractivity contribution in [1.29, 1.82) is 0 Å². The Morgan fingerprint density at radius 3 is 2.78 bits per heavy atom. The first-order chi connectivity index (χ1) is 13.0. The van der Waals surface area contributed by atoms with Crippen LogP contribution < -0.4 is 10.6 Å². The molecule has 4 rings (SSSR count). The van der Waals surface area contributed by atoms with E-state index in [1.54, 1.807) is 7.05 Å². The molecule has 0 saturated heterocycles. The number of rotatable bonds is 3. The summed E-state index contributed by atoms with van der Waals surface area (Å²) in [4.78, 5) is 21.8. The molecule has 3 aromatic rings. The Hall–Kier alpha value is -2.74. The first-order valence-corrected chi connectivity index (χ1v) is 9.82. The molecule has 2 N–H and O–H groups in total. The van der Waals surface area contributed by atoms with Gasteiger partial charge in [-0.2, -0.15) is 5.10 Å². The molecule has 0 bridgehead atoms. The molecule has 3 heterocycles. The standard InChI is InChI=1S/C19H22N6OS/c1-10(2)25-16-13(15(24-25)12-6-5-11(3)21-9-12)7-8-14-17(16)27-19(22-14)23-18(26)20-4/h5-6,9-10H,7-8H2,1-4H3,(H2,20,22,23,26). The summed E-state index contributed by atoms with van der Waals surface area (Å²) in [6, 6.07) is 4.05. The summed E-state index contributed by atoms with van der Waals surface area (Å²) in [6.45, 7) is 6.24. The van der Waals surface area contributed by atoms with Crippen molar-refractivity contribution in [2.45, 2.75) is 39.7 Å². The maximum atomic E-state index is 11.7. The average molecular weight is 382 g/mol. The van der Waals surface area contributed by atoms with Crippen LogP contribution in [0.3, 0.4) is 0 Å². The number of fused-ring (bicyclic) bond motifs is 3. The van der Waals surface area contributed by atoms with Crippen LogP contribution in [0.2, 0.25) is 0 Å². The van der Waals surface area contributed by atoms with E-state index in [-0.39, 0.29) is 12.1 Å². The Bertz CT molecular complexity index is 1000. The summed E-state index contributed by atoms with van der Waals surface area (Å²) >= 11 is 1.50. The van der Waals surface area contributed by atoms with Crippen LogP contribution in [0.25, 0.3) is 21.8 Å². The van der Waals surface area contributed by atoms with E-state index >= 15 is 0 Å². The fraction of sp³-hybridized carbons (Fsp3) is 0.368. The number of aryl methyl sites for hydroxylation is 2. The first-order valence-electron chi connectivity index (χ1n) is 9.01. The average Bonchev–Trinajstić information content (AvgIpc) is 3.23. The molecule has 140 valence electrons. The molecule has 0 aliphatic heterocycles. The molecule has 0 spiro atoms. The molecular weight excluding hydrogens is 360 g/mol. The van der Waals surface area contributed by atoms with Crippen molar-refractivity contribution in [3.63, 3.8) is 0 Å². The lowest BCUT2D eigenvalue weighted by molar-refractivity contribution is 0.254. The predicted octanol–water partition coefficient (Wildman–Crippen LogP) is 3.81. The smallest absolute Gasteiger partial charge is 0.320 e. The number of carbonyl (C=O) groups is 1. The Labute approximate surface area is 161 Å². The SMILES string of the molecule is CNC(=O)Nc1nc2c(s1)-c1c(c(-c3ccc(C)nc3)nn1C(C)C)CC2. The van der Waals surface area contributed by atoms with Gasteiger partial charge in [-0.1, -0.05) is 11.3 Å². The van der Waals surface area contributed by atoms with E-state index in [4.69, 9.17) is 5.10 Å². The maximum Gasteiger partial charge on any atom is 0.320 e. The zero-order chi connectivity index (χ0) is 19.1. The molecule has 0 saturated carbocycles. The highest BCUT2D eigenvalue weighted by molar-refractivity contribution is 7.19. The predicted molar refractivity (Wildman–Crippen MR) is 107 cm³/mol. The Kier molecular flexibility index (Phi) is 4.43. The third-order valence-electron chi connectivity index (χ3n) is 4.65. The molecule has 8 heteroatoms. The van der Waals surface area contributed by atoms with Crippen molar-refractivity contribution in [2.24, 2.45) is 0 Å². The number of carbonyl (C=O) groups excluding carboxylic acids is 1. The molecule has 1 aliphatic rings. The fourth-order valence-electron chi connectivity index (χ4n) is 3.32. The molecular formula is C19H22N6OS. The fourth-order valence-corrected chi connectivity index (χ4v) is 4.39. The third-order valence-corrected chi connectivity index (χ3v) is 5.67. The normalized spacial score (nSPS) is 12.6. The van der Waals surface area contributed by atoms with E-state index in [0.29, 0.717) is 5.13 Å². The van der Waals surface area contributed by atoms with E-state index in [9.17, 15) is 4.79 Å². The molecule has 3 aromatic heterocycles. The number of urea groups is 1. The number of nitrogens with zero attached hydrogens (tertiary/aromatic N) is 4. The van der Waals surface area contributed by atoms with Gasteiger partial charge in [-0.05, 0) is 45.7 Å². The first kappa shape index (κ1) is 17.7. The number of hydrogen-bond donors (Lipinski definition) is 2. The van der Waals surface area contributed by atoms with Crippen molar-refractivity contribution >= 4 is 22.5 Å². The number of aromatic nitrogens is 4. The zero-order valence-electron chi connectivity index (χ0n) is 15.8. The number of thiazole rings is 1. The molecule has 7 nitrogen and oxygen atoms in total. The van der Waals surface area contributed by atoms with Crippen molar-refractivity contribution in [1.82, 2.24) is 25.1 Å². The van der Waals surface area contributed by atoms with Crippen LogP contribution in [0, 0.1) is 6.92 Å². The van der Waals surface area contributed by atoms with Gasteiger partial charge in [-0.25, -0.2) is 9.78 Å². The lowest BCUT2D eigenvalue weighted by atomic mass is 9.95. The monoisotopic (exact) mass is 382 g/mol. The van der Waals surface area contributed by atoms with Crippen LogP contribution in [0.15, 0.2) is 18.3 Å². The molecule has 0 aromatic carbocycles. The van der Waals surface area contributed by atoms with E-state index in [1.807, 2.05) is 19.2 Å². The second-order valence-corrected chi connectivity index (χ2v) is 7.90. The minimum Gasteiger partial charge on any atom is -0.341 e. The van der Waals surface area contributed by atoms with E-state index in [0.717, 1.165) is 46.1 Å². The van der Waals surface area contributed by atoms with E-state index < -0.39 is 0 Å². The van der Waals surface area contributed by atoms with Crippen molar-refractivity contribution in [2.75, 3.05) is 12.4 Å². The summed E-state index contributed by atoms with van der Waals surface area (Å²) in [5.41, 5.74) is 6.39. The van der Waals surface area contributed by atoms with Crippen LogP contribution in [-0.4, -0.2) is 32.8 Å². The molecule has 0 fully saturated rings. The molecule has 0 atom stereocenters. The van der Waals surface area contributed by atoms with Gasteiger partial charge in [-0.15, -0.1) is 0 Å². The summed E-state index contributed by atoms with van der Waals surface area (Å²) in [5.74, 6) is 0. The second kappa shape index (κ2) is 6.77. The Morgan fingerprint density at radius 1 is 1.30 bits per heavy atom. The summed E-state index contributed by atoms with van der Waals surface area (Å²) in [5, 5.41) is 10.9. The molecule has 0 radical (unpaired) electrons. The van der Waals surface area contributed by atoms with Crippen molar-refractivity contribution in [3.8, 4) is 21.8 Å². The lowest BCUT2D eigenvalue weighted by Gasteiger charge is -2.15. The number of pyridine rings is 1. The summed E-state index contributed by atoms with van der Waals surface area (Å²) in [6.07, 6.45) is 3.61. The van der Waals surface area contributed by atoms with Gasteiger partial charge in [0.15, 0.2) is 5.13 Å². The maximum absolute atomic E-state index is 11.7. The molecule has 2 amide bonds. The van der Waals surface area contributed by atoms with Gasteiger partial charge in [0.25, 0.3) is 0 Å². The Morgan fingerprint density at radius 2 is 2.11 bits per heavy atom. The summed E-state index contributed by atoms with van der Waals surface area (Å²) in [7, 11) is 1.59. The number of amides is 2. The third kappa shape index (κ3) is 3.10. The number of nitrogens with one attached hydrogen (secondary N) is 2. The highest BCUT2D eigenvalue weighted by Crippen LogP contribution is 2.43. The number of hydrogen-bond acceptors (Lipinski definition) is 5. The van der Waals surface area contributed by atoms with Gasteiger partial charge < -0.3 is 5.32 Å². The van der Waals surface area contributed by atoms with Gasteiger partial charge in [0.2, 0.25) is 0 Å². The van der Waals surface area contributed by atoms with E-state index in [1.165, 1.54) is 16.9 Å². The van der Waals surface area contributed by atoms with Crippen molar-refractivity contribution < 1.29 is 4.79 Å². The van der Waals surface area contributed by atoms with Gasteiger partial charge in [-0.3, -0.25) is 15.0 Å². The second-order valence-electron chi connectivity index (χ2n) is 6.90. The topological polar surface area (TPSA) is 84.7 Å². The summed E-state index contributed by atoms with van der Waals surface area (Å²) < 4.78 is 2.07. The van der Waals surface area contributed by atoms with Crippen LogP contribution >= 0.6 is 11.3 Å². The minimum atomic E-state index is -0.259. The minimum absolute atomic E-state index is 0.217. The quantitative estimate of drug-likeness (QED) is 0.721. The Balaban J connectivity index is 1.84. The van der Waals surface area contributed by atoms with Crippen LogP contribution in [-0.2, 0) is 12.8 Å². The highest BCUT2D eigenvalue weighted by Gasteiger charge is 2.30. The van der Waals surface area contributed by atoms with Gasteiger partial charge in [0.05, 0.1) is 22.0 Å². The van der Waals surface area contributed by atoms with Gasteiger partial charge in [0, 0.05) is 36.1 Å². The van der Waals surface area contributed by atoms with Gasteiger partial charge in [0.1, 0.15) is 0 Å².